The predicted molar refractivity (Wildman–Crippen MR) is 103 cm³/mol. The number of carbonyl (C=O) groups is 1. The summed E-state index contributed by atoms with van der Waals surface area (Å²) < 4.78 is 11.9. The molecule has 1 atom stereocenters. The first kappa shape index (κ1) is 19.3. The van der Waals surface area contributed by atoms with Gasteiger partial charge in [-0.1, -0.05) is 24.3 Å². The highest BCUT2D eigenvalue weighted by molar-refractivity contribution is 5.72. The molecule has 136 valence electrons. The summed E-state index contributed by atoms with van der Waals surface area (Å²) in [6.07, 6.45) is 12.4. The first-order valence-corrected chi connectivity index (χ1v) is 9.05. The fraction of sp³-hybridized carbons (Fsp3) is 0.500. The minimum absolute atomic E-state index is 0.188. The van der Waals surface area contributed by atoms with Crippen LogP contribution >= 0.6 is 0 Å². The molecule has 1 aromatic rings. The van der Waals surface area contributed by atoms with Gasteiger partial charge in [-0.15, -0.1) is 0 Å². The van der Waals surface area contributed by atoms with Crippen molar-refractivity contribution in [1.82, 2.24) is 0 Å². The van der Waals surface area contributed by atoms with E-state index < -0.39 is 0 Å². The van der Waals surface area contributed by atoms with Crippen LogP contribution in [0.4, 0.5) is 0 Å². The Bertz CT molecular complexity index is 713. The Hall–Kier alpha value is -2.03. The smallest absolute Gasteiger partial charge is 0.308 e. The Kier molecular flexibility index (Phi) is 6.10. The van der Waals surface area contributed by atoms with E-state index in [1.165, 1.54) is 12.5 Å². The van der Waals surface area contributed by atoms with Crippen LogP contribution in [-0.4, -0.2) is 11.6 Å². The van der Waals surface area contributed by atoms with Crippen molar-refractivity contribution < 1.29 is 14.3 Å². The minimum atomic E-state index is -0.279. The molecule has 2 rings (SSSR count). The number of fused-ring (bicyclic) bond motifs is 1. The summed E-state index contributed by atoms with van der Waals surface area (Å²) in [5.41, 5.74) is 4.07. The largest absolute Gasteiger partial charge is 0.487 e. The molecule has 25 heavy (non-hydrogen) atoms. The van der Waals surface area contributed by atoms with Crippen LogP contribution in [0.5, 0.6) is 11.5 Å². The van der Waals surface area contributed by atoms with Crippen LogP contribution in [0.3, 0.4) is 0 Å². The molecule has 0 radical (unpaired) electrons. The van der Waals surface area contributed by atoms with Crippen LogP contribution in [0.1, 0.15) is 62.3 Å². The highest BCUT2D eigenvalue weighted by Crippen LogP contribution is 2.44. The summed E-state index contributed by atoms with van der Waals surface area (Å²) in [7, 11) is 0. The molecule has 1 aliphatic rings. The van der Waals surface area contributed by atoms with Gasteiger partial charge in [0, 0.05) is 18.9 Å². The van der Waals surface area contributed by atoms with Gasteiger partial charge in [0.25, 0.3) is 0 Å². The lowest BCUT2D eigenvalue weighted by Gasteiger charge is -2.37. The summed E-state index contributed by atoms with van der Waals surface area (Å²) >= 11 is 0. The first-order chi connectivity index (χ1) is 11.8. The van der Waals surface area contributed by atoms with E-state index >= 15 is 0 Å². The van der Waals surface area contributed by atoms with Gasteiger partial charge < -0.3 is 9.47 Å². The van der Waals surface area contributed by atoms with Crippen molar-refractivity contribution >= 4 is 5.97 Å². The van der Waals surface area contributed by atoms with Crippen LogP contribution < -0.4 is 9.47 Å². The molecule has 0 bridgehead atoms. The fourth-order valence-corrected chi connectivity index (χ4v) is 3.37. The zero-order valence-electron chi connectivity index (χ0n) is 16.4. The highest BCUT2D eigenvalue weighted by Gasteiger charge is 2.34. The monoisotopic (exact) mass is 342 g/mol. The van der Waals surface area contributed by atoms with Gasteiger partial charge in [0.2, 0.25) is 0 Å². The number of rotatable bonds is 5. The van der Waals surface area contributed by atoms with Crippen molar-refractivity contribution in [3.8, 4) is 11.5 Å². The van der Waals surface area contributed by atoms with E-state index in [0.29, 0.717) is 5.75 Å². The number of hydrogen-bond donors (Lipinski definition) is 0. The van der Waals surface area contributed by atoms with E-state index in [-0.39, 0.29) is 11.6 Å². The van der Waals surface area contributed by atoms with E-state index in [4.69, 9.17) is 9.47 Å². The summed E-state index contributed by atoms with van der Waals surface area (Å²) in [6.45, 7) is 11.7. The molecule has 0 aliphatic carbocycles. The summed E-state index contributed by atoms with van der Waals surface area (Å²) in [5.74, 6) is 1.39. The molecule has 0 saturated carbocycles. The zero-order valence-corrected chi connectivity index (χ0v) is 16.4. The Labute approximate surface area is 151 Å². The molecule has 0 spiro atoms. The molecular weight excluding hydrogens is 312 g/mol. The average molecular weight is 342 g/mol. The Morgan fingerprint density at radius 1 is 1.16 bits per heavy atom. The van der Waals surface area contributed by atoms with Crippen LogP contribution in [0.2, 0.25) is 0 Å². The Morgan fingerprint density at radius 2 is 1.88 bits per heavy atom. The maximum absolute atomic E-state index is 11.4. The van der Waals surface area contributed by atoms with Gasteiger partial charge >= 0.3 is 5.97 Å². The topological polar surface area (TPSA) is 35.5 Å². The van der Waals surface area contributed by atoms with Crippen molar-refractivity contribution in [1.29, 1.82) is 0 Å². The van der Waals surface area contributed by atoms with E-state index in [1.54, 1.807) is 0 Å². The van der Waals surface area contributed by atoms with Gasteiger partial charge in [-0.05, 0) is 70.6 Å². The maximum atomic E-state index is 11.4. The molecule has 0 unspecified atom stereocenters. The number of esters is 1. The van der Waals surface area contributed by atoms with E-state index in [2.05, 4.69) is 31.2 Å². The minimum Gasteiger partial charge on any atom is -0.487 e. The molecule has 3 nitrogen and oxygen atoms in total. The lowest BCUT2D eigenvalue weighted by molar-refractivity contribution is -0.132. The summed E-state index contributed by atoms with van der Waals surface area (Å²) in [6, 6.07) is 0. The summed E-state index contributed by atoms with van der Waals surface area (Å²) in [4.78, 5) is 11.4. The number of ether oxygens (including phenoxy) is 2. The number of carbonyl (C=O) groups excluding carboxylic acids is 1. The third-order valence-corrected chi connectivity index (χ3v) is 5.03. The van der Waals surface area contributed by atoms with Gasteiger partial charge in [0.05, 0.1) is 0 Å². The van der Waals surface area contributed by atoms with Crippen LogP contribution in [0.25, 0.3) is 0 Å². The number of hydrogen-bond acceptors (Lipinski definition) is 3. The van der Waals surface area contributed by atoms with Gasteiger partial charge in [-0.2, -0.15) is 0 Å². The molecule has 0 fully saturated rings. The molecule has 1 aromatic carbocycles. The SMILES string of the molecule is C/C=C/C/C=C/C[C@]1(C)CCc2c(C)c(OC(C)=O)c(C)c(C)c2O1. The fourth-order valence-electron chi connectivity index (χ4n) is 3.37. The van der Waals surface area contributed by atoms with Crippen LogP contribution in [0.15, 0.2) is 24.3 Å². The lowest BCUT2D eigenvalue weighted by atomic mass is 9.85. The molecule has 0 aromatic heterocycles. The molecule has 0 N–H and O–H groups in total. The van der Waals surface area contributed by atoms with Gasteiger partial charge in [-0.3, -0.25) is 4.79 Å². The van der Waals surface area contributed by atoms with Gasteiger partial charge in [-0.25, -0.2) is 0 Å². The van der Waals surface area contributed by atoms with Crippen molar-refractivity contribution in [3.05, 3.63) is 46.6 Å². The second-order valence-electron chi connectivity index (χ2n) is 7.14. The Balaban J connectivity index is 2.28. The maximum Gasteiger partial charge on any atom is 0.308 e. The van der Waals surface area contributed by atoms with Crippen molar-refractivity contribution in [3.63, 3.8) is 0 Å². The molecule has 0 amide bonds. The van der Waals surface area contributed by atoms with Crippen LogP contribution in [0, 0.1) is 20.8 Å². The second-order valence-corrected chi connectivity index (χ2v) is 7.14. The number of benzene rings is 1. The molecule has 3 heteroatoms. The molecule has 1 heterocycles. The molecule has 0 saturated heterocycles. The molecular formula is C22H30O3. The Morgan fingerprint density at radius 3 is 2.52 bits per heavy atom. The lowest BCUT2D eigenvalue weighted by Crippen LogP contribution is -2.36. The zero-order chi connectivity index (χ0) is 18.6. The van der Waals surface area contributed by atoms with Crippen molar-refractivity contribution in [2.45, 2.75) is 72.8 Å². The van der Waals surface area contributed by atoms with E-state index in [0.717, 1.165) is 48.1 Å². The second kappa shape index (κ2) is 7.90. The van der Waals surface area contributed by atoms with Crippen molar-refractivity contribution in [2.75, 3.05) is 0 Å². The van der Waals surface area contributed by atoms with E-state index in [9.17, 15) is 4.79 Å². The standard InChI is InChI=1S/C22H30O3/c1-7-8-9-10-11-13-22(6)14-12-19-17(4)20(24-18(5)23)15(2)16(3)21(19)25-22/h7-8,10-11H,9,12-14H2,1-6H3/b8-7+,11-10+/t22-/m1/s1. The third-order valence-electron chi connectivity index (χ3n) is 5.03. The van der Waals surface area contributed by atoms with Gasteiger partial charge in [0.15, 0.2) is 0 Å². The first-order valence-electron chi connectivity index (χ1n) is 9.05. The average Bonchev–Trinajstić information content (AvgIpc) is 2.56. The van der Waals surface area contributed by atoms with E-state index in [1.807, 2.05) is 27.7 Å². The quantitative estimate of drug-likeness (QED) is 0.401. The summed E-state index contributed by atoms with van der Waals surface area (Å²) in [5, 5.41) is 0. The van der Waals surface area contributed by atoms with Gasteiger partial charge in [0.1, 0.15) is 17.1 Å². The third kappa shape index (κ3) is 4.33. The highest BCUT2D eigenvalue weighted by atomic mass is 16.5. The predicted octanol–water partition coefficient (Wildman–Crippen LogP) is 5.53. The normalized spacial score (nSPS) is 19.9. The van der Waals surface area contributed by atoms with Crippen molar-refractivity contribution in [2.24, 2.45) is 0 Å². The molecule has 1 aliphatic heterocycles. The van der Waals surface area contributed by atoms with Crippen LogP contribution in [-0.2, 0) is 11.2 Å². The number of allylic oxidation sites excluding steroid dienone is 3.